The van der Waals surface area contributed by atoms with Crippen LogP contribution in [0.2, 0.25) is 0 Å². The molecule has 5 nitrogen and oxygen atoms in total. The molecule has 1 atom stereocenters. The summed E-state index contributed by atoms with van der Waals surface area (Å²) in [5, 5.41) is 2.96. The number of anilines is 1. The Morgan fingerprint density at radius 1 is 1.11 bits per heavy atom. The van der Waals surface area contributed by atoms with Crippen molar-refractivity contribution < 1.29 is 13.2 Å². The molecule has 3 rings (SSSR count). The molecule has 0 aliphatic carbocycles. The molecule has 0 bridgehead atoms. The number of rotatable bonds is 7. The fraction of sp³-hybridized carbons (Fsp3) is 0.409. The zero-order chi connectivity index (χ0) is 20.0. The first-order valence-electron chi connectivity index (χ1n) is 9.84. The molecule has 0 unspecified atom stereocenters. The predicted molar refractivity (Wildman–Crippen MR) is 113 cm³/mol. The molecule has 150 valence electrons. The van der Waals surface area contributed by atoms with E-state index >= 15 is 0 Å². The van der Waals surface area contributed by atoms with Crippen molar-refractivity contribution >= 4 is 21.6 Å². The van der Waals surface area contributed by atoms with Crippen LogP contribution in [0.5, 0.6) is 0 Å². The first-order chi connectivity index (χ1) is 13.5. The van der Waals surface area contributed by atoms with Crippen LogP contribution in [0.25, 0.3) is 0 Å². The lowest BCUT2D eigenvalue weighted by molar-refractivity contribution is -0.120. The minimum absolute atomic E-state index is 0.0986. The van der Waals surface area contributed by atoms with Gasteiger partial charge in [-0.3, -0.25) is 4.79 Å². The summed E-state index contributed by atoms with van der Waals surface area (Å²) in [6, 6.07) is 17.5. The lowest BCUT2D eigenvalue weighted by Crippen LogP contribution is -2.44. The van der Waals surface area contributed by atoms with E-state index in [9.17, 15) is 13.2 Å². The monoisotopic (exact) mass is 400 g/mol. The molecule has 1 amide bonds. The average Bonchev–Trinajstić information content (AvgIpc) is 2.70. The van der Waals surface area contributed by atoms with E-state index in [0.29, 0.717) is 25.8 Å². The van der Waals surface area contributed by atoms with Gasteiger partial charge in [-0.1, -0.05) is 48.5 Å². The smallest absolute Gasteiger partial charge is 0.228 e. The molecule has 0 spiro atoms. The summed E-state index contributed by atoms with van der Waals surface area (Å²) in [6.07, 6.45) is 2.76. The van der Waals surface area contributed by atoms with Crippen molar-refractivity contribution in [2.45, 2.75) is 32.6 Å². The van der Waals surface area contributed by atoms with Gasteiger partial charge in [0.15, 0.2) is 0 Å². The van der Waals surface area contributed by atoms with Gasteiger partial charge >= 0.3 is 0 Å². The number of sulfonamides is 1. The van der Waals surface area contributed by atoms with Crippen LogP contribution in [0.4, 0.5) is 5.69 Å². The molecule has 2 aromatic rings. The third kappa shape index (κ3) is 5.42. The average molecular weight is 401 g/mol. The number of benzene rings is 2. The number of piperidine rings is 1. The highest BCUT2D eigenvalue weighted by Crippen LogP contribution is 2.23. The summed E-state index contributed by atoms with van der Waals surface area (Å²) in [5.41, 5.74) is 2.93. The number of nitrogens with zero attached hydrogens (tertiary/aromatic N) is 1. The van der Waals surface area contributed by atoms with E-state index in [0.717, 1.165) is 23.2 Å². The number of para-hydroxylation sites is 1. The number of aryl methyl sites for hydroxylation is 2. The SMILES string of the molecule is Cc1ccccc1NC(=O)[C@@H]1CCCN(S(=O)(=O)CCCc2ccccc2)C1. The molecular formula is C22H28N2O3S. The van der Waals surface area contributed by atoms with Crippen LogP contribution in [0.1, 0.15) is 30.4 Å². The number of hydrogen-bond donors (Lipinski definition) is 1. The van der Waals surface area contributed by atoms with E-state index < -0.39 is 10.0 Å². The quantitative estimate of drug-likeness (QED) is 0.772. The number of amides is 1. The minimum atomic E-state index is -3.35. The van der Waals surface area contributed by atoms with E-state index in [1.165, 1.54) is 4.31 Å². The van der Waals surface area contributed by atoms with Crippen molar-refractivity contribution in [3.63, 3.8) is 0 Å². The Morgan fingerprint density at radius 3 is 2.57 bits per heavy atom. The maximum atomic E-state index is 12.8. The second-order valence-corrected chi connectivity index (χ2v) is 9.49. The Morgan fingerprint density at radius 2 is 1.82 bits per heavy atom. The molecular weight excluding hydrogens is 372 g/mol. The second-order valence-electron chi connectivity index (χ2n) is 7.41. The van der Waals surface area contributed by atoms with Crippen LogP contribution >= 0.6 is 0 Å². The molecule has 1 heterocycles. The molecule has 0 saturated carbocycles. The van der Waals surface area contributed by atoms with Gasteiger partial charge in [-0.05, 0) is 49.8 Å². The van der Waals surface area contributed by atoms with Gasteiger partial charge in [0, 0.05) is 18.8 Å². The maximum Gasteiger partial charge on any atom is 0.228 e. The fourth-order valence-corrected chi connectivity index (χ4v) is 5.17. The predicted octanol–water partition coefficient (Wildman–Crippen LogP) is 3.61. The lowest BCUT2D eigenvalue weighted by atomic mass is 9.98. The van der Waals surface area contributed by atoms with Gasteiger partial charge in [0.25, 0.3) is 0 Å². The number of carbonyl (C=O) groups is 1. The van der Waals surface area contributed by atoms with E-state index in [1.54, 1.807) is 0 Å². The van der Waals surface area contributed by atoms with Crippen LogP contribution in [-0.4, -0.2) is 37.5 Å². The fourth-order valence-electron chi connectivity index (χ4n) is 3.59. The zero-order valence-electron chi connectivity index (χ0n) is 16.3. The number of nitrogens with one attached hydrogen (secondary N) is 1. The van der Waals surface area contributed by atoms with Gasteiger partial charge in [0.1, 0.15) is 0 Å². The highest BCUT2D eigenvalue weighted by atomic mass is 32.2. The van der Waals surface area contributed by atoms with Crippen molar-refractivity contribution in [3.8, 4) is 0 Å². The molecule has 1 aliphatic heterocycles. The van der Waals surface area contributed by atoms with Crippen molar-refractivity contribution in [3.05, 3.63) is 65.7 Å². The largest absolute Gasteiger partial charge is 0.326 e. The van der Waals surface area contributed by atoms with E-state index in [2.05, 4.69) is 5.32 Å². The van der Waals surface area contributed by atoms with Crippen molar-refractivity contribution in [1.29, 1.82) is 0 Å². The Labute approximate surface area is 167 Å². The zero-order valence-corrected chi connectivity index (χ0v) is 17.1. The standard InChI is InChI=1S/C22H28N2O3S/c1-18-9-5-6-14-21(18)23-22(25)20-13-7-15-24(17-20)28(26,27)16-8-12-19-10-3-2-4-11-19/h2-6,9-11,14,20H,7-8,12-13,15-17H2,1H3,(H,23,25)/t20-/m1/s1. The summed E-state index contributed by atoms with van der Waals surface area (Å²) in [4.78, 5) is 12.7. The topological polar surface area (TPSA) is 66.5 Å². The first kappa shape index (κ1) is 20.6. The van der Waals surface area contributed by atoms with Gasteiger partial charge in [-0.25, -0.2) is 12.7 Å². The van der Waals surface area contributed by atoms with Gasteiger partial charge in [-0.15, -0.1) is 0 Å². The van der Waals surface area contributed by atoms with E-state index in [-0.39, 0.29) is 24.1 Å². The van der Waals surface area contributed by atoms with Crippen molar-refractivity contribution in [2.75, 3.05) is 24.2 Å². The molecule has 1 aliphatic rings. The van der Waals surface area contributed by atoms with Crippen LogP contribution < -0.4 is 5.32 Å². The van der Waals surface area contributed by atoms with Crippen LogP contribution in [0, 0.1) is 12.8 Å². The summed E-state index contributed by atoms with van der Waals surface area (Å²) in [6.45, 7) is 2.72. The highest BCUT2D eigenvalue weighted by molar-refractivity contribution is 7.89. The van der Waals surface area contributed by atoms with Crippen molar-refractivity contribution in [1.82, 2.24) is 4.31 Å². The Hall–Kier alpha value is -2.18. The van der Waals surface area contributed by atoms with Crippen molar-refractivity contribution in [2.24, 2.45) is 5.92 Å². The lowest BCUT2D eigenvalue weighted by Gasteiger charge is -2.31. The molecule has 0 aromatic heterocycles. The van der Waals surface area contributed by atoms with Gasteiger partial charge in [0.2, 0.25) is 15.9 Å². The summed E-state index contributed by atoms with van der Waals surface area (Å²) in [7, 11) is -3.35. The van der Waals surface area contributed by atoms with Crippen LogP contribution in [0.3, 0.4) is 0 Å². The first-order valence-corrected chi connectivity index (χ1v) is 11.4. The Kier molecular flexibility index (Phi) is 6.86. The molecule has 1 fully saturated rings. The summed E-state index contributed by atoms with van der Waals surface area (Å²) in [5.74, 6) is -0.288. The minimum Gasteiger partial charge on any atom is -0.326 e. The maximum absolute atomic E-state index is 12.8. The summed E-state index contributed by atoms with van der Waals surface area (Å²) < 4.78 is 27.0. The molecule has 2 aromatic carbocycles. The normalized spacial score (nSPS) is 18.0. The van der Waals surface area contributed by atoms with E-state index in [4.69, 9.17) is 0 Å². The second kappa shape index (κ2) is 9.34. The van der Waals surface area contributed by atoms with Gasteiger partial charge in [0.05, 0.1) is 11.7 Å². The van der Waals surface area contributed by atoms with Crippen LogP contribution in [0.15, 0.2) is 54.6 Å². The Bertz CT molecular complexity index is 897. The third-order valence-corrected chi connectivity index (χ3v) is 7.18. The highest BCUT2D eigenvalue weighted by Gasteiger charge is 2.32. The molecule has 1 saturated heterocycles. The number of carbonyl (C=O) groups excluding carboxylic acids is 1. The Balaban J connectivity index is 1.55. The third-order valence-electron chi connectivity index (χ3n) is 5.26. The molecule has 0 radical (unpaired) electrons. The van der Waals surface area contributed by atoms with Crippen LogP contribution in [-0.2, 0) is 21.2 Å². The van der Waals surface area contributed by atoms with E-state index in [1.807, 2.05) is 61.5 Å². The van der Waals surface area contributed by atoms with Gasteiger partial charge < -0.3 is 5.32 Å². The summed E-state index contributed by atoms with van der Waals surface area (Å²) >= 11 is 0. The number of hydrogen-bond acceptors (Lipinski definition) is 3. The molecule has 6 heteroatoms. The van der Waals surface area contributed by atoms with Gasteiger partial charge in [-0.2, -0.15) is 0 Å². The molecule has 1 N–H and O–H groups in total. The molecule has 28 heavy (non-hydrogen) atoms.